The molecule has 128 valence electrons. The standard InChI is InChI=1S/C14H19FN2O5S/c1-16(2)23(20,21)17-8-6-14(7-9-17,13(18)19)22-12-5-3-4-11(15)10-12/h3-5,10H,6-9H2,1-2H3,(H,18,19). The minimum Gasteiger partial charge on any atom is -0.478 e. The number of hydrogen-bond donors (Lipinski definition) is 1. The topological polar surface area (TPSA) is 87.2 Å². The Morgan fingerprint density at radius 2 is 1.96 bits per heavy atom. The molecule has 0 unspecified atom stereocenters. The van der Waals surface area contributed by atoms with Gasteiger partial charge in [0.2, 0.25) is 5.60 Å². The van der Waals surface area contributed by atoms with E-state index in [2.05, 4.69) is 0 Å². The van der Waals surface area contributed by atoms with Crippen LogP contribution in [-0.2, 0) is 15.0 Å². The lowest BCUT2D eigenvalue weighted by molar-refractivity contribution is -0.158. The average molecular weight is 346 g/mol. The van der Waals surface area contributed by atoms with Gasteiger partial charge in [-0.15, -0.1) is 0 Å². The van der Waals surface area contributed by atoms with Crippen LogP contribution in [0.4, 0.5) is 4.39 Å². The van der Waals surface area contributed by atoms with E-state index in [1.54, 1.807) is 0 Å². The molecule has 7 nitrogen and oxygen atoms in total. The highest BCUT2D eigenvalue weighted by molar-refractivity contribution is 7.86. The first-order valence-corrected chi connectivity index (χ1v) is 8.43. The van der Waals surface area contributed by atoms with Crippen LogP contribution in [0.15, 0.2) is 24.3 Å². The highest BCUT2D eigenvalue weighted by Crippen LogP contribution is 2.31. The molecule has 1 aromatic carbocycles. The number of benzene rings is 1. The van der Waals surface area contributed by atoms with E-state index in [1.807, 2.05) is 0 Å². The summed E-state index contributed by atoms with van der Waals surface area (Å²) in [6.45, 7) is 0.0320. The molecule has 0 radical (unpaired) electrons. The summed E-state index contributed by atoms with van der Waals surface area (Å²) >= 11 is 0. The van der Waals surface area contributed by atoms with Gasteiger partial charge >= 0.3 is 5.97 Å². The van der Waals surface area contributed by atoms with Crippen molar-refractivity contribution < 1.29 is 27.4 Å². The quantitative estimate of drug-likeness (QED) is 0.857. The van der Waals surface area contributed by atoms with E-state index in [0.29, 0.717) is 0 Å². The Morgan fingerprint density at radius 3 is 2.43 bits per heavy atom. The number of carbonyl (C=O) groups is 1. The monoisotopic (exact) mass is 346 g/mol. The van der Waals surface area contributed by atoms with Crippen molar-refractivity contribution in [1.29, 1.82) is 0 Å². The van der Waals surface area contributed by atoms with E-state index in [4.69, 9.17) is 4.74 Å². The molecule has 1 aromatic rings. The maximum Gasteiger partial charge on any atom is 0.348 e. The molecule has 1 aliphatic rings. The van der Waals surface area contributed by atoms with Crippen LogP contribution in [0.25, 0.3) is 0 Å². The number of piperidine rings is 1. The third kappa shape index (κ3) is 3.62. The maximum atomic E-state index is 13.2. The third-order valence-corrected chi connectivity index (χ3v) is 5.76. The first-order valence-electron chi connectivity index (χ1n) is 7.03. The van der Waals surface area contributed by atoms with E-state index < -0.39 is 27.6 Å². The van der Waals surface area contributed by atoms with Crippen LogP contribution in [0.1, 0.15) is 12.8 Å². The minimum absolute atomic E-state index is 0.0160. The van der Waals surface area contributed by atoms with E-state index in [-0.39, 0.29) is 31.7 Å². The fourth-order valence-electron chi connectivity index (χ4n) is 2.42. The summed E-state index contributed by atoms with van der Waals surface area (Å²) in [6.07, 6.45) is -0.0438. The molecule has 1 N–H and O–H groups in total. The minimum atomic E-state index is -3.60. The Kier molecular flexibility index (Phi) is 4.92. The smallest absolute Gasteiger partial charge is 0.348 e. The van der Waals surface area contributed by atoms with Gasteiger partial charge in [0, 0.05) is 46.1 Å². The number of halogens is 1. The predicted molar refractivity (Wildman–Crippen MR) is 80.8 cm³/mol. The molecular weight excluding hydrogens is 327 g/mol. The third-order valence-electron chi connectivity index (χ3n) is 3.82. The number of carboxylic acid groups (broad SMARTS) is 1. The second kappa shape index (κ2) is 6.42. The normalized spacial score (nSPS) is 18.8. The number of ether oxygens (including phenoxy) is 1. The van der Waals surface area contributed by atoms with Crippen LogP contribution in [0.3, 0.4) is 0 Å². The Balaban J connectivity index is 2.18. The van der Waals surface area contributed by atoms with Crippen LogP contribution < -0.4 is 4.74 Å². The molecule has 0 aromatic heterocycles. The molecule has 1 aliphatic heterocycles. The molecule has 9 heteroatoms. The fraction of sp³-hybridized carbons (Fsp3) is 0.500. The Morgan fingerprint density at radius 1 is 1.35 bits per heavy atom. The molecule has 23 heavy (non-hydrogen) atoms. The summed E-state index contributed by atoms with van der Waals surface area (Å²) in [5.74, 6) is -1.62. The van der Waals surface area contributed by atoms with Gasteiger partial charge in [0.25, 0.3) is 10.2 Å². The molecule has 1 fully saturated rings. The van der Waals surface area contributed by atoms with E-state index >= 15 is 0 Å². The number of aliphatic carboxylic acids is 1. The molecule has 2 rings (SSSR count). The van der Waals surface area contributed by atoms with Gasteiger partial charge < -0.3 is 9.84 Å². The van der Waals surface area contributed by atoms with Crippen molar-refractivity contribution in [3.8, 4) is 5.75 Å². The van der Waals surface area contributed by atoms with Crippen LogP contribution in [0.2, 0.25) is 0 Å². The van der Waals surface area contributed by atoms with Crippen molar-refractivity contribution in [2.75, 3.05) is 27.2 Å². The molecule has 1 heterocycles. The van der Waals surface area contributed by atoms with Crippen LogP contribution >= 0.6 is 0 Å². The Hall–Kier alpha value is -1.71. The van der Waals surface area contributed by atoms with Gasteiger partial charge in [0.15, 0.2) is 0 Å². The SMILES string of the molecule is CN(C)S(=O)(=O)N1CCC(Oc2cccc(F)c2)(C(=O)O)CC1. The van der Waals surface area contributed by atoms with Crippen molar-refractivity contribution in [1.82, 2.24) is 8.61 Å². The number of hydrogen-bond acceptors (Lipinski definition) is 4. The highest BCUT2D eigenvalue weighted by Gasteiger charge is 2.46. The lowest BCUT2D eigenvalue weighted by Crippen LogP contribution is -2.55. The zero-order valence-corrected chi connectivity index (χ0v) is 13.7. The average Bonchev–Trinajstić information content (AvgIpc) is 2.47. The molecule has 0 spiro atoms. The van der Waals surface area contributed by atoms with Crippen LogP contribution in [0, 0.1) is 5.82 Å². The molecule has 0 saturated carbocycles. The molecule has 0 atom stereocenters. The number of rotatable bonds is 5. The first kappa shape index (κ1) is 17.6. The van der Waals surface area contributed by atoms with Crippen LogP contribution in [-0.4, -0.2) is 60.9 Å². The zero-order chi connectivity index (χ0) is 17.3. The maximum absolute atomic E-state index is 13.2. The lowest BCUT2D eigenvalue weighted by atomic mass is 9.92. The summed E-state index contributed by atoms with van der Waals surface area (Å²) in [4.78, 5) is 11.7. The van der Waals surface area contributed by atoms with Gasteiger partial charge in [-0.05, 0) is 12.1 Å². The lowest BCUT2D eigenvalue weighted by Gasteiger charge is -2.38. The van der Waals surface area contributed by atoms with Crippen molar-refractivity contribution >= 4 is 16.2 Å². The number of carboxylic acids is 1. The predicted octanol–water partition coefficient (Wildman–Crippen LogP) is 0.930. The second-order valence-electron chi connectivity index (χ2n) is 5.55. The highest BCUT2D eigenvalue weighted by atomic mass is 32.2. The molecule has 1 saturated heterocycles. The van der Waals surface area contributed by atoms with E-state index in [9.17, 15) is 22.7 Å². The fourth-order valence-corrected chi connectivity index (χ4v) is 3.53. The van der Waals surface area contributed by atoms with Gasteiger partial charge in [0.1, 0.15) is 11.6 Å². The van der Waals surface area contributed by atoms with Gasteiger partial charge in [-0.1, -0.05) is 6.07 Å². The van der Waals surface area contributed by atoms with Gasteiger partial charge in [0.05, 0.1) is 0 Å². The van der Waals surface area contributed by atoms with Crippen molar-refractivity contribution in [3.05, 3.63) is 30.1 Å². The summed E-state index contributed by atoms with van der Waals surface area (Å²) < 4.78 is 45.2. The second-order valence-corrected chi connectivity index (χ2v) is 7.69. The van der Waals surface area contributed by atoms with Crippen LogP contribution in [0.5, 0.6) is 5.75 Å². The van der Waals surface area contributed by atoms with Gasteiger partial charge in [-0.3, -0.25) is 0 Å². The van der Waals surface area contributed by atoms with Crippen molar-refractivity contribution in [3.63, 3.8) is 0 Å². The molecular formula is C14H19FN2O5S. The Labute approximate surface area is 134 Å². The van der Waals surface area contributed by atoms with Crippen molar-refractivity contribution in [2.45, 2.75) is 18.4 Å². The van der Waals surface area contributed by atoms with E-state index in [1.165, 1.54) is 36.6 Å². The largest absolute Gasteiger partial charge is 0.478 e. The van der Waals surface area contributed by atoms with Gasteiger partial charge in [-0.2, -0.15) is 17.0 Å². The number of nitrogens with zero attached hydrogens (tertiary/aromatic N) is 2. The molecule has 0 aliphatic carbocycles. The van der Waals surface area contributed by atoms with Gasteiger partial charge in [-0.25, -0.2) is 9.18 Å². The zero-order valence-electron chi connectivity index (χ0n) is 12.9. The van der Waals surface area contributed by atoms with Crippen molar-refractivity contribution in [2.24, 2.45) is 0 Å². The van der Waals surface area contributed by atoms with E-state index in [0.717, 1.165) is 10.4 Å². The summed E-state index contributed by atoms with van der Waals surface area (Å²) in [7, 11) is -0.769. The Bertz CT molecular complexity index is 684. The first-order chi connectivity index (χ1) is 10.7. The summed E-state index contributed by atoms with van der Waals surface area (Å²) in [5.41, 5.74) is -1.56. The molecule has 0 amide bonds. The summed E-state index contributed by atoms with van der Waals surface area (Å²) in [5, 5.41) is 9.52. The molecule has 0 bridgehead atoms. The summed E-state index contributed by atoms with van der Waals surface area (Å²) in [6, 6.07) is 5.22.